The largest absolute Gasteiger partial charge is 0.469 e. The number of nitrogens with zero attached hydrogens (tertiary/aromatic N) is 1. The molecule has 0 bridgehead atoms. The smallest absolute Gasteiger partial charge is 0.240 e. The summed E-state index contributed by atoms with van der Waals surface area (Å²) in [6.45, 7) is 0. The monoisotopic (exact) mass is 284 g/mol. The number of nitrogens with one attached hydrogen (secondary N) is 1. The van der Waals surface area contributed by atoms with Gasteiger partial charge in [0.05, 0.1) is 6.26 Å². The lowest BCUT2D eigenvalue weighted by Gasteiger charge is -2.04. The molecule has 1 amide bonds. The SMILES string of the molecule is O=C(CCc1ccco1)NS(=O)(=O)Cc1ccon1. The topological polar surface area (TPSA) is 102 Å². The average molecular weight is 284 g/mol. The van der Waals surface area contributed by atoms with E-state index in [0.717, 1.165) is 0 Å². The molecule has 0 radical (unpaired) electrons. The first-order valence-corrected chi connectivity index (χ1v) is 7.15. The number of carbonyl (C=O) groups is 1. The second-order valence-electron chi connectivity index (χ2n) is 3.85. The second-order valence-corrected chi connectivity index (χ2v) is 5.58. The van der Waals surface area contributed by atoms with Crippen LogP contribution >= 0.6 is 0 Å². The highest BCUT2D eigenvalue weighted by Gasteiger charge is 2.17. The molecule has 2 heterocycles. The Bertz CT molecular complexity index is 616. The van der Waals surface area contributed by atoms with Crippen LogP contribution in [-0.4, -0.2) is 19.5 Å². The van der Waals surface area contributed by atoms with E-state index >= 15 is 0 Å². The van der Waals surface area contributed by atoms with Crippen molar-refractivity contribution >= 4 is 15.9 Å². The molecule has 1 N–H and O–H groups in total. The molecular formula is C11H12N2O5S. The number of hydrogen-bond donors (Lipinski definition) is 1. The van der Waals surface area contributed by atoms with Crippen molar-refractivity contribution < 1.29 is 22.2 Å². The summed E-state index contributed by atoms with van der Waals surface area (Å²) in [5.41, 5.74) is 0.242. The van der Waals surface area contributed by atoms with Gasteiger partial charge in [0.1, 0.15) is 23.5 Å². The quantitative estimate of drug-likeness (QED) is 0.843. The number of furan rings is 1. The Labute approximate surface area is 109 Å². The summed E-state index contributed by atoms with van der Waals surface area (Å²) in [7, 11) is -3.75. The molecule has 0 aliphatic carbocycles. The van der Waals surface area contributed by atoms with Crippen LogP contribution in [0.3, 0.4) is 0 Å². The van der Waals surface area contributed by atoms with Crippen LogP contribution in [0.15, 0.2) is 39.7 Å². The lowest BCUT2D eigenvalue weighted by molar-refractivity contribution is -0.119. The van der Waals surface area contributed by atoms with Gasteiger partial charge in [0.15, 0.2) is 0 Å². The normalized spacial score (nSPS) is 11.4. The summed E-state index contributed by atoms with van der Waals surface area (Å²) >= 11 is 0. The Morgan fingerprint density at radius 2 is 2.16 bits per heavy atom. The number of hydrogen-bond acceptors (Lipinski definition) is 6. The van der Waals surface area contributed by atoms with E-state index in [2.05, 4.69) is 9.68 Å². The lowest BCUT2D eigenvalue weighted by atomic mass is 10.2. The zero-order valence-corrected chi connectivity index (χ0v) is 10.7. The fraction of sp³-hybridized carbons (Fsp3) is 0.273. The Balaban J connectivity index is 1.84. The number of rotatable bonds is 6. The van der Waals surface area contributed by atoms with Gasteiger partial charge in [0, 0.05) is 18.9 Å². The third-order valence-electron chi connectivity index (χ3n) is 2.28. The molecule has 2 rings (SSSR count). The van der Waals surface area contributed by atoms with Crippen molar-refractivity contribution in [2.45, 2.75) is 18.6 Å². The molecule has 102 valence electrons. The summed E-state index contributed by atoms with van der Waals surface area (Å²) in [4.78, 5) is 11.5. The molecule has 2 aromatic heterocycles. The molecule has 8 heteroatoms. The van der Waals surface area contributed by atoms with E-state index in [-0.39, 0.29) is 12.1 Å². The first-order valence-electron chi connectivity index (χ1n) is 5.50. The van der Waals surface area contributed by atoms with Gasteiger partial charge in [0.25, 0.3) is 0 Å². The van der Waals surface area contributed by atoms with Crippen LogP contribution in [0.4, 0.5) is 0 Å². The highest BCUT2D eigenvalue weighted by Crippen LogP contribution is 2.05. The Morgan fingerprint density at radius 1 is 1.32 bits per heavy atom. The van der Waals surface area contributed by atoms with Gasteiger partial charge < -0.3 is 8.94 Å². The summed E-state index contributed by atoms with van der Waals surface area (Å²) in [5.74, 6) is -0.348. The average Bonchev–Trinajstić information content (AvgIpc) is 2.97. The van der Waals surface area contributed by atoms with E-state index in [1.807, 2.05) is 4.72 Å². The van der Waals surface area contributed by atoms with E-state index in [1.54, 1.807) is 12.1 Å². The number of aromatic nitrogens is 1. The molecule has 0 saturated carbocycles. The maximum atomic E-state index is 11.6. The van der Waals surface area contributed by atoms with Crippen molar-refractivity contribution in [3.8, 4) is 0 Å². The van der Waals surface area contributed by atoms with Crippen molar-refractivity contribution in [1.29, 1.82) is 0 Å². The number of amides is 1. The van der Waals surface area contributed by atoms with E-state index in [0.29, 0.717) is 12.2 Å². The summed E-state index contributed by atoms with van der Waals surface area (Å²) in [5, 5.41) is 3.47. The van der Waals surface area contributed by atoms with Crippen molar-refractivity contribution in [3.05, 3.63) is 42.2 Å². The maximum Gasteiger partial charge on any atom is 0.240 e. The van der Waals surface area contributed by atoms with Crippen molar-refractivity contribution in [2.24, 2.45) is 0 Å². The minimum atomic E-state index is -3.75. The van der Waals surface area contributed by atoms with E-state index < -0.39 is 21.7 Å². The molecule has 0 aliphatic heterocycles. The predicted octanol–water partition coefficient (Wildman–Crippen LogP) is 0.846. The van der Waals surface area contributed by atoms with Crippen LogP contribution in [0.1, 0.15) is 17.9 Å². The molecule has 0 aliphatic rings. The molecule has 0 atom stereocenters. The van der Waals surface area contributed by atoms with Gasteiger partial charge >= 0.3 is 0 Å². The third-order valence-corrected chi connectivity index (χ3v) is 3.49. The van der Waals surface area contributed by atoms with Crippen LogP contribution in [0.25, 0.3) is 0 Å². The first kappa shape index (κ1) is 13.3. The van der Waals surface area contributed by atoms with Crippen LogP contribution in [0.2, 0.25) is 0 Å². The molecule has 0 unspecified atom stereocenters. The second kappa shape index (κ2) is 5.70. The predicted molar refractivity (Wildman–Crippen MR) is 64.3 cm³/mol. The number of sulfonamides is 1. The van der Waals surface area contributed by atoms with Crippen molar-refractivity contribution in [2.75, 3.05) is 0 Å². The van der Waals surface area contributed by atoms with Gasteiger partial charge in [0.2, 0.25) is 15.9 Å². The molecule has 19 heavy (non-hydrogen) atoms. The van der Waals surface area contributed by atoms with Crippen LogP contribution < -0.4 is 4.72 Å². The molecule has 0 fully saturated rings. The molecule has 2 aromatic rings. The van der Waals surface area contributed by atoms with Gasteiger partial charge in [-0.05, 0) is 12.1 Å². The van der Waals surface area contributed by atoms with Gasteiger partial charge in [-0.25, -0.2) is 8.42 Å². The standard InChI is InChI=1S/C11H12N2O5S/c14-11(4-3-10-2-1-6-17-10)13-19(15,16)8-9-5-7-18-12-9/h1-2,5-7H,3-4,8H2,(H,13,14). The van der Waals surface area contributed by atoms with Gasteiger partial charge in [-0.15, -0.1) is 0 Å². The highest BCUT2D eigenvalue weighted by atomic mass is 32.2. The fourth-order valence-corrected chi connectivity index (χ4v) is 2.52. The third kappa shape index (κ3) is 4.25. The molecule has 7 nitrogen and oxygen atoms in total. The van der Waals surface area contributed by atoms with Crippen LogP contribution in [0.5, 0.6) is 0 Å². The summed E-state index contributed by atoms with van der Waals surface area (Å²) < 4.78 is 34.8. The van der Waals surface area contributed by atoms with Crippen LogP contribution in [0, 0.1) is 0 Å². The lowest BCUT2D eigenvalue weighted by Crippen LogP contribution is -2.31. The summed E-state index contributed by atoms with van der Waals surface area (Å²) in [6, 6.07) is 4.85. The minimum absolute atomic E-state index is 0.0333. The molecule has 0 aromatic carbocycles. The Kier molecular flexibility index (Phi) is 4.00. The van der Waals surface area contributed by atoms with Crippen molar-refractivity contribution in [1.82, 2.24) is 9.88 Å². The number of carbonyl (C=O) groups excluding carboxylic acids is 1. The zero-order valence-electron chi connectivity index (χ0n) is 9.90. The Hall–Kier alpha value is -2.09. The fourth-order valence-electron chi connectivity index (χ4n) is 1.46. The van der Waals surface area contributed by atoms with Gasteiger partial charge in [-0.3, -0.25) is 9.52 Å². The first-order chi connectivity index (χ1) is 9.05. The summed E-state index contributed by atoms with van der Waals surface area (Å²) in [6.07, 6.45) is 3.14. The highest BCUT2D eigenvalue weighted by molar-refractivity contribution is 7.89. The van der Waals surface area contributed by atoms with E-state index in [4.69, 9.17) is 4.42 Å². The van der Waals surface area contributed by atoms with Crippen LogP contribution in [-0.2, 0) is 27.0 Å². The minimum Gasteiger partial charge on any atom is -0.469 e. The Morgan fingerprint density at radius 3 is 2.79 bits per heavy atom. The van der Waals surface area contributed by atoms with E-state index in [9.17, 15) is 13.2 Å². The molecule has 0 saturated heterocycles. The zero-order chi connectivity index (χ0) is 13.7. The van der Waals surface area contributed by atoms with Gasteiger partial charge in [-0.2, -0.15) is 0 Å². The molecule has 0 spiro atoms. The van der Waals surface area contributed by atoms with Gasteiger partial charge in [-0.1, -0.05) is 5.16 Å². The maximum absolute atomic E-state index is 11.6. The van der Waals surface area contributed by atoms with Crippen molar-refractivity contribution in [3.63, 3.8) is 0 Å². The molecular weight excluding hydrogens is 272 g/mol. The number of aryl methyl sites for hydroxylation is 1. The van der Waals surface area contributed by atoms with E-state index in [1.165, 1.54) is 18.6 Å².